The van der Waals surface area contributed by atoms with Crippen LogP contribution in [0.2, 0.25) is 0 Å². The molecule has 1 fully saturated rings. The van der Waals surface area contributed by atoms with Gasteiger partial charge in [0.05, 0.1) is 0 Å². The molecule has 0 aromatic carbocycles. The molecule has 1 atom stereocenters. The van der Waals surface area contributed by atoms with Crippen LogP contribution in [-0.4, -0.2) is 40.6 Å². The zero-order chi connectivity index (χ0) is 10.8. The van der Waals surface area contributed by atoms with E-state index >= 15 is 0 Å². The van der Waals surface area contributed by atoms with Gasteiger partial charge in [-0.15, -0.1) is 16.7 Å². The first-order valence-electron chi connectivity index (χ1n) is 4.60. The normalized spacial score (nSPS) is 21.1. The summed E-state index contributed by atoms with van der Waals surface area (Å²) in [5, 5.41) is 10.3. The molecule has 0 aliphatic carbocycles. The maximum Gasteiger partial charge on any atom is 0.316 e. The van der Waals surface area contributed by atoms with Crippen molar-refractivity contribution in [3.63, 3.8) is 0 Å². The first-order valence-corrected chi connectivity index (χ1v) is 5.14. The van der Waals surface area contributed by atoms with Crippen molar-refractivity contribution in [3.05, 3.63) is 5.89 Å². The van der Waals surface area contributed by atoms with Gasteiger partial charge in [0.25, 0.3) is 0 Å². The Morgan fingerprint density at radius 1 is 1.67 bits per heavy atom. The Hall–Kier alpha value is -1.30. The second-order valence-corrected chi connectivity index (χ2v) is 3.65. The standard InChI is InChI=1S/C8H11ClN4O2/c1-13-3-2-5(7(13)14)10-8-12-11-6(4-9)15-8/h5H,2-4H2,1H3,(H,10,12). The number of alkyl halides is 1. The van der Waals surface area contributed by atoms with Crippen LogP contribution in [-0.2, 0) is 10.7 Å². The second kappa shape index (κ2) is 4.06. The Morgan fingerprint density at radius 3 is 3.00 bits per heavy atom. The van der Waals surface area contributed by atoms with E-state index in [1.165, 1.54) is 0 Å². The van der Waals surface area contributed by atoms with Gasteiger partial charge in [0, 0.05) is 13.6 Å². The molecule has 1 aromatic heterocycles. The van der Waals surface area contributed by atoms with Crippen LogP contribution in [0.4, 0.5) is 6.01 Å². The number of aromatic nitrogens is 2. The predicted molar refractivity (Wildman–Crippen MR) is 53.5 cm³/mol. The van der Waals surface area contributed by atoms with E-state index in [-0.39, 0.29) is 23.8 Å². The Balaban J connectivity index is 2.00. The molecule has 0 spiro atoms. The van der Waals surface area contributed by atoms with Gasteiger partial charge in [-0.05, 0) is 6.42 Å². The van der Waals surface area contributed by atoms with Gasteiger partial charge in [0.1, 0.15) is 11.9 Å². The third-order valence-corrected chi connectivity index (χ3v) is 2.54. The summed E-state index contributed by atoms with van der Waals surface area (Å²) < 4.78 is 5.14. The van der Waals surface area contributed by atoms with Crippen molar-refractivity contribution < 1.29 is 9.21 Å². The van der Waals surface area contributed by atoms with Crippen LogP contribution < -0.4 is 5.32 Å². The number of carbonyl (C=O) groups is 1. The molecule has 1 aliphatic rings. The molecule has 1 unspecified atom stereocenters. The molecule has 7 heteroatoms. The van der Waals surface area contributed by atoms with Crippen LogP contribution in [0.1, 0.15) is 12.3 Å². The van der Waals surface area contributed by atoms with E-state index in [2.05, 4.69) is 15.5 Å². The molecule has 2 rings (SSSR count). The van der Waals surface area contributed by atoms with Crippen molar-refractivity contribution in [3.8, 4) is 0 Å². The first-order chi connectivity index (χ1) is 7.20. The smallest absolute Gasteiger partial charge is 0.316 e. The second-order valence-electron chi connectivity index (χ2n) is 3.38. The molecule has 0 radical (unpaired) electrons. The van der Waals surface area contributed by atoms with E-state index in [0.717, 1.165) is 13.0 Å². The molecule has 0 bridgehead atoms. The summed E-state index contributed by atoms with van der Waals surface area (Å²) in [5.41, 5.74) is 0. The molecule has 2 heterocycles. The van der Waals surface area contributed by atoms with Crippen LogP contribution in [0.5, 0.6) is 0 Å². The SMILES string of the molecule is CN1CCC(Nc2nnc(CCl)o2)C1=O. The third kappa shape index (κ3) is 2.04. The predicted octanol–water partition coefficient (Wildman–Crippen LogP) is 0.451. The minimum Gasteiger partial charge on any atom is -0.407 e. The van der Waals surface area contributed by atoms with Crippen LogP contribution in [0.3, 0.4) is 0 Å². The van der Waals surface area contributed by atoms with Crippen molar-refractivity contribution in [1.29, 1.82) is 0 Å². The van der Waals surface area contributed by atoms with E-state index in [4.69, 9.17) is 16.0 Å². The maximum absolute atomic E-state index is 11.5. The summed E-state index contributed by atoms with van der Waals surface area (Å²) in [7, 11) is 1.77. The highest BCUT2D eigenvalue weighted by Gasteiger charge is 2.29. The van der Waals surface area contributed by atoms with E-state index < -0.39 is 0 Å². The number of nitrogens with one attached hydrogen (secondary N) is 1. The minimum atomic E-state index is -0.265. The number of likely N-dealkylation sites (tertiary alicyclic amines) is 1. The quantitative estimate of drug-likeness (QED) is 0.764. The van der Waals surface area contributed by atoms with Gasteiger partial charge >= 0.3 is 6.01 Å². The fraction of sp³-hybridized carbons (Fsp3) is 0.625. The zero-order valence-electron chi connectivity index (χ0n) is 8.23. The van der Waals surface area contributed by atoms with Gasteiger partial charge in [-0.3, -0.25) is 4.79 Å². The Bertz CT molecular complexity index is 367. The summed E-state index contributed by atoms with van der Waals surface area (Å²) in [4.78, 5) is 13.2. The molecule has 1 saturated heterocycles. The molecule has 1 aromatic rings. The van der Waals surface area contributed by atoms with Crippen molar-refractivity contribution in [2.75, 3.05) is 18.9 Å². The Morgan fingerprint density at radius 2 is 2.47 bits per heavy atom. The number of rotatable bonds is 3. The lowest BCUT2D eigenvalue weighted by atomic mass is 10.2. The first kappa shape index (κ1) is 10.2. The monoisotopic (exact) mass is 230 g/mol. The average molecular weight is 231 g/mol. The van der Waals surface area contributed by atoms with E-state index in [9.17, 15) is 4.79 Å². The lowest BCUT2D eigenvalue weighted by molar-refractivity contribution is -0.127. The molecule has 6 nitrogen and oxygen atoms in total. The molecule has 0 saturated carbocycles. The van der Waals surface area contributed by atoms with Gasteiger partial charge in [-0.25, -0.2) is 0 Å². The van der Waals surface area contributed by atoms with E-state index in [0.29, 0.717) is 5.89 Å². The van der Waals surface area contributed by atoms with Gasteiger partial charge in [0.2, 0.25) is 11.8 Å². The number of anilines is 1. The summed E-state index contributed by atoms with van der Waals surface area (Å²) >= 11 is 5.51. The largest absolute Gasteiger partial charge is 0.407 e. The molecule has 1 N–H and O–H groups in total. The molecular formula is C8H11ClN4O2. The molecule has 1 aliphatic heterocycles. The lowest BCUT2D eigenvalue weighted by Crippen LogP contribution is -2.31. The van der Waals surface area contributed by atoms with Crippen LogP contribution >= 0.6 is 11.6 Å². The van der Waals surface area contributed by atoms with E-state index in [1.54, 1.807) is 11.9 Å². The zero-order valence-corrected chi connectivity index (χ0v) is 8.99. The summed E-state index contributed by atoms with van der Waals surface area (Å²) in [6.45, 7) is 0.743. The van der Waals surface area contributed by atoms with Crippen LogP contribution in [0.25, 0.3) is 0 Å². The number of nitrogens with zero attached hydrogens (tertiary/aromatic N) is 3. The van der Waals surface area contributed by atoms with E-state index in [1.807, 2.05) is 0 Å². The third-order valence-electron chi connectivity index (χ3n) is 2.31. The number of hydrogen-bond donors (Lipinski definition) is 1. The Labute approximate surface area is 91.6 Å². The van der Waals surface area contributed by atoms with Gasteiger partial charge in [-0.1, -0.05) is 5.10 Å². The van der Waals surface area contributed by atoms with Crippen LogP contribution in [0, 0.1) is 0 Å². The topological polar surface area (TPSA) is 71.3 Å². The van der Waals surface area contributed by atoms with Gasteiger partial charge in [0.15, 0.2) is 0 Å². The van der Waals surface area contributed by atoms with Crippen molar-refractivity contribution in [2.24, 2.45) is 0 Å². The molecule has 1 amide bonds. The lowest BCUT2D eigenvalue weighted by Gasteiger charge is -2.09. The number of likely N-dealkylation sites (N-methyl/N-ethyl adjacent to an activating group) is 1. The number of hydrogen-bond acceptors (Lipinski definition) is 5. The highest BCUT2D eigenvalue weighted by atomic mass is 35.5. The highest BCUT2D eigenvalue weighted by molar-refractivity contribution is 6.16. The summed E-state index contributed by atoms with van der Waals surface area (Å²) in [6, 6.07) is -0.0158. The summed E-state index contributed by atoms with van der Waals surface area (Å²) in [6.07, 6.45) is 0.744. The number of amides is 1. The molecular weight excluding hydrogens is 220 g/mol. The number of halogens is 1. The Kier molecular flexibility index (Phi) is 2.77. The minimum absolute atomic E-state index is 0.0422. The van der Waals surface area contributed by atoms with Gasteiger partial charge < -0.3 is 14.6 Å². The fourth-order valence-electron chi connectivity index (χ4n) is 1.47. The maximum atomic E-state index is 11.5. The fourth-order valence-corrected chi connectivity index (χ4v) is 1.58. The summed E-state index contributed by atoms with van der Waals surface area (Å²) in [5.74, 6) is 0.561. The molecule has 82 valence electrons. The van der Waals surface area contributed by atoms with Crippen LogP contribution in [0.15, 0.2) is 4.42 Å². The average Bonchev–Trinajstić information content (AvgIpc) is 2.80. The van der Waals surface area contributed by atoms with Crippen molar-refractivity contribution >= 4 is 23.5 Å². The van der Waals surface area contributed by atoms with Crippen molar-refractivity contribution in [1.82, 2.24) is 15.1 Å². The molecule has 15 heavy (non-hydrogen) atoms. The number of carbonyl (C=O) groups excluding carboxylic acids is 1. The van der Waals surface area contributed by atoms with Gasteiger partial charge in [-0.2, -0.15) is 0 Å². The van der Waals surface area contributed by atoms with Crippen molar-refractivity contribution in [2.45, 2.75) is 18.3 Å². The highest BCUT2D eigenvalue weighted by Crippen LogP contribution is 2.15.